The van der Waals surface area contributed by atoms with Gasteiger partial charge in [0, 0.05) is 50.8 Å². The third-order valence-electron chi connectivity index (χ3n) is 4.30. The van der Waals surface area contributed by atoms with Gasteiger partial charge in [0.1, 0.15) is 17.3 Å². The lowest BCUT2D eigenvalue weighted by atomic mass is 9.90. The zero-order valence-corrected chi connectivity index (χ0v) is 16.9. The number of nitrogens with zero attached hydrogens (tertiary/aromatic N) is 5. The molecule has 2 aromatic heterocycles. The van der Waals surface area contributed by atoms with Crippen molar-refractivity contribution in [1.82, 2.24) is 24.8 Å². The quantitative estimate of drug-likeness (QED) is 0.859. The van der Waals surface area contributed by atoms with Crippen LogP contribution in [-0.2, 0) is 11.8 Å². The number of carbonyl (C=O) groups excluding carboxylic acids is 1. The lowest BCUT2D eigenvalue weighted by Gasteiger charge is -2.24. The SMILES string of the molecule is CCc1nc(C)cc(N(C)CCN(C)C(=O)c2nc[nH]c2C(C)(C)C)n1. The van der Waals surface area contributed by atoms with Gasteiger partial charge >= 0.3 is 0 Å². The van der Waals surface area contributed by atoms with Crippen LogP contribution in [0.15, 0.2) is 12.4 Å². The van der Waals surface area contributed by atoms with E-state index in [0.717, 1.165) is 29.5 Å². The highest BCUT2D eigenvalue weighted by Crippen LogP contribution is 2.23. The normalized spacial score (nSPS) is 11.5. The number of carbonyl (C=O) groups is 1. The number of likely N-dealkylation sites (N-methyl/N-ethyl adjacent to an activating group) is 2. The number of aromatic amines is 1. The van der Waals surface area contributed by atoms with Crippen LogP contribution in [0.25, 0.3) is 0 Å². The highest BCUT2D eigenvalue weighted by molar-refractivity contribution is 5.93. The van der Waals surface area contributed by atoms with Crippen LogP contribution < -0.4 is 4.90 Å². The molecule has 0 unspecified atom stereocenters. The summed E-state index contributed by atoms with van der Waals surface area (Å²) < 4.78 is 0. The van der Waals surface area contributed by atoms with Crippen LogP contribution in [0.5, 0.6) is 0 Å². The fourth-order valence-electron chi connectivity index (χ4n) is 2.69. The summed E-state index contributed by atoms with van der Waals surface area (Å²) in [6.45, 7) is 11.5. The van der Waals surface area contributed by atoms with Crippen LogP contribution in [0.2, 0.25) is 0 Å². The van der Waals surface area contributed by atoms with Crippen molar-refractivity contribution >= 4 is 11.7 Å². The Hall–Kier alpha value is -2.44. The first-order chi connectivity index (χ1) is 12.1. The van der Waals surface area contributed by atoms with Gasteiger partial charge in [0.2, 0.25) is 0 Å². The Balaban J connectivity index is 2.04. The van der Waals surface area contributed by atoms with Crippen molar-refractivity contribution in [2.24, 2.45) is 0 Å². The maximum atomic E-state index is 12.8. The fraction of sp³-hybridized carbons (Fsp3) is 0.579. The zero-order valence-electron chi connectivity index (χ0n) is 16.9. The predicted octanol–water partition coefficient (Wildman–Crippen LogP) is 2.58. The van der Waals surface area contributed by atoms with E-state index < -0.39 is 0 Å². The minimum atomic E-state index is -0.159. The van der Waals surface area contributed by atoms with Crippen molar-refractivity contribution in [3.63, 3.8) is 0 Å². The third-order valence-corrected chi connectivity index (χ3v) is 4.30. The van der Waals surface area contributed by atoms with E-state index in [2.05, 4.69) is 40.7 Å². The molecule has 2 heterocycles. The number of hydrogen-bond donors (Lipinski definition) is 1. The number of amides is 1. The minimum absolute atomic E-state index is 0.0716. The van der Waals surface area contributed by atoms with Crippen molar-refractivity contribution in [1.29, 1.82) is 0 Å². The van der Waals surface area contributed by atoms with Crippen LogP contribution >= 0.6 is 0 Å². The summed E-state index contributed by atoms with van der Waals surface area (Å²) in [5.41, 5.74) is 2.15. The van der Waals surface area contributed by atoms with Gasteiger partial charge in [0.15, 0.2) is 0 Å². The van der Waals surface area contributed by atoms with Gasteiger partial charge in [0.25, 0.3) is 5.91 Å². The number of nitrogens with one attached hydrogen (secondary N) is 1. The molecule has 0 saturated carbocycles. The topological polar surface area (TPSA) is 78.0 Å². The van der Waals surface area contributed by atoms with Gasteiger partial charge in [-0.3, -0.25) is 4.79 Å². The van der Waals surface area contributed by atoms with Crippen LogP contribution in [0, 0.1) is 6.92 Å². The van der Waals surface area contributed by atoms with Crippen LogP contribution in [0.4, 0.5) is 5.82 Å². The summed E-state index contributed by atoms with van der Waals surface area (Å²) in [5.74, 6) is 1.64. The van der Waals surface area contributed by atoms with Gasteiger partial charge in [-0.25, -0.2) is 15.0 Å². The first kappa shape index (κ1) is 19.9. The highest BCUT2D eigenvalue weighted by atomic mass is 16.2. The monoisotopic (exact) mass is 358 g/mol. The number of aromatic nitrogens is 4. The Kier molecular flexibility index (Phi) is 6.00. The average molecular weight is 358 g/mol. The molecule has 2 rings (SSSR count). The number of imidazole rings is 1. The fourth-order valence-corrected chi connectivity index (χ4v) is 2.69. The second-order valence-corrected chi connectivity index (χ2v) is 7.66. The van der Waals surface area contributed by atoms with E-state index >= 15 is 0 Å². The van der Waals surface area contributed by atoms with E-state index in [1.54, 1.807) is 18.3 Å². The molecule has 0 aliphatic carbocycles. The molecule has 1 amide bonds. The molecule has 0 aromatic carbocycles. The largest absolute Gasteiger partial charge is 0.358 e. The summed E-state index contributed by atoms with van der Waals surface area (Å²) in [7, 11) is 3.79. The lowest BCUT2D eigenvalue weighted by Crippen LogP contribution is -2.36. The lowest BCUT2D eigenvalue weighted by molar-refractivity contribution is 0.0791. The van der Waals surface area contributed by atoms with Crippen molar-refractivity contribution in [2.75, 3.05) is 32.1 Å². The molecule has 0 spiro atoms. The molecular weight excluding hydrogens is 328 g/mol. The van der Waals surface area contributed by atoms with Crippen molar-refractivity contribution in [3.8, 4) is 0 Å². The van der Waals surface area contributed by atoms with E-state index in [9.17, 15) is 4.79 Å². The summed E-state index contributed by atoms with van der Waals surface area (Å²) in [5, 5.41) is 0. The number of rotatable bonds is 6. The number of H-pyrrole nitrogens is 1. The molecule has 0 radical (unpaired) electrons. The van der Waals surface area contributed by atoms with Crippen molar-refractivity contribution in [2.45, 2.75) is 46.5 Å². The number of hydrogen-bond acceptors (Lipinski definition) is 5. The number of aryl methyl sites for hydroxylation is 2. The molecule has 0 aliphatic heterocycles. The summed E-state index contributed by atoms with van der Waals surface area (Å²) in [6.07, 6.45) is 2.39. The maximum Gasteiger partial charge on any atom is 0.274 e. The Labute approximate surface area is 155 Å². The van der Waals surface area contributed by atoms with E-state index in [4.69, 9.17) is 0 Å². The minimum Gasteiger partial charge on any atom is -0.358 e. The van der Waals surface area contributed by atoms with Gasteiger partial charge in [-0.15, -0.1) is 0 Å². The molecule has 7 nitrogen and oxygen atoms in total. The molecule has 0 fully saturated rings. The Morgan fingerprint density at radius 2 is 1.88 bits per heavy atom. The van der Waals surface area contributed by atoms with Crippen molar-refractivity contribution in [3.05, 3.63) is 35.3 Å². The molecular formula is C19H30N6O. The predicted molar refractivity (Wildman–Crippen MR) is 104 cm³/mol. The van der Waals surface area contributed by atoms with E-state index in [-0.39, 0.29) is 11.3 Å². The standard InChI is InChI=1S/C19H30N6O/c1-8-14-22-13(2)11-15(23-14)24(6)9-10-25(7)18(26)16-17(19(3,4)5)21-12-20-16/h11-12H,8-10H2,1-7H3,(H,20,21). The first-order valence-corrected chi connectivity index (χ1v) is 8.98. The first-order valence-electron chi connectivity index (χ1n) is 8.98. The average Bonchev–Trinajstić information content (AvgIpc) is 3.08. The van der Waals surface area contributed by atoms with E-state index in [1.165, 1.54) is 0 Å². The van der Waals surface area contributed by atoms with E-state index in [0.29, 0.717) is 18.8 Å². The van der Waals surface area contributed by atoms with Gasteiger partial charge < -0.3 is 14.8 Å². The Morgan fingerprint density at radius 1 is 1.19 bits per heavy atom. The molecule has 0 saturated heterocycles. The highest BCUT2D eigenvalue weighted by Gasteiger charge is 2.26. The van der Waals surface area contributed by atoms with Crippen LogP contribution in [0.1, 0.15) is 55.4 Å². The molecule has 2 aromatic rings. The smallest absolute Gasteiger partial charge is 0.274 e. The third kappa shape index (κ3) is 4.59. The Morgan fingerprint density at radius 3 is 2.50 bits per heavy atom. The van der Waals surface area contributed by atoms with Crippen molar-refractivity contribution < 1.29 is 4.79 Å². The molecule has 0 atom stereocenters. The van der Waals surface area contributed by atoms with Gasteiger partial charge in [-0.1, -0.05) is 27.7 Å². The maximum absolute atomic E-state index is 12.8. The molecule has 7 heteroatoms. The molecule has 0 aliphatic rings. The van der Waals surface area contributed by atoms with Crippen LogP contribution in [-0.4, -0.2) is 57.9 Å². The van der Waals surface area contributed by atoms with Gasteiger partial charge in [0.05, 0.1) is 12.0 Å². The van der Waals surface area contributed by atoms with Crippen LogP contribution in [0.3, 0.4) is 0 Å². The second kappa shape index (κ2) is 7.85. The molecule has 26 heavy (non-hydrogen) atoms. The Bertz CT molecular complexity index is 762. The summed E-state index contributed by atoms with van der Waals surface area (Å²) >= 11 is 0. The molecule has 142 valence electrons. The summed E-state index contributed by atoms with van der Waals surface area (Å²) in [4.78, 5) is 32.9. The summed E-state index contributed by atoms with van der Waals surface area (Å²) in [6, 6.07) is 1.96. The number of anilines is 1. The van der Waals surface area contributed by atoms with Gasteiger partial charge in [-0.2, -0.15) is 0 Å². The van der Waals surface area contributed by atoms with Gasteiger partial charge in [-0.05, 0) is 6.92 Å². The van der Waals surface area contributed by atoms with E-state index in [1.807, 2.05) is 31.9 Å². The zero-order chi connectivity index (χ0) is 19.5. The second-order valence-electron chi connectivity index (χ2n) is 7.66. The molecule has 0 bridgehead atoms. The molecule has 1 N–H and O–H groups in total.